The van der Waals surface area contributed by atoms with Gasteiger partial charge in [0.05, 0.1) is 12.0 Å². The van der Waals surface area contributed by atoms with Crippen LogP contribution >= 0.6 is 0 Å². The van der Waals surface area contributed by atoms with Gasteiger partial charge >= 0.3 is 12.1 Å². The number of carboxylic acids is 1. The van der Waals surface area contributed by atoms with Gasteiger partial charge in [0.15, 0.2) is 0 Å². The van der Waals surface area contributed by atoms with Crippen molar-refractivity contribution in [1.82, 2.24) is 10.6 Å². The number of nitrogens with one attached hydrogen (secondary N) is 2. The van der Waals surface area contributed by atoms with E-state index in [9.17, 15) is 19.5 Å². The zero-order chi connectivity index (χ0) is 23.6. The zero-order valence-electron chi connectivity index (χ0n) is 19.0. The summed E-state index contributed by atoms with van der Waals surface area (Å²) in [6.45, 7) is 3.83. The van der Waals surface area contributed by atoms with Crippen LogP contribution in [0, 0.1) is 5.92 Å². The maximum atomic E-state index is 12.9. The number of ether oxygens (including phenoxy) is 1. The highest BCUT2D eigenvalue weighted by atomic mass is 16.5. The molecule has 1 atom stereocenters. The van der Waals surface area contributed by atoms with E-state index in [1.165, 1.54) is 0 Å². The molecule has 7 heteroatoms. The Morgan fingerprint density at radius 2 is 1.61 bits per heavy atom. The summed E-state index contributed by atoms with van der Waals surface area (Å²) in [6.07, 6.45) is 1.35. The quantitative estimate of drug-likeness (QED) is 0.563. The first-order valence-electron chi connectivity index (χ1n) is 11.4. The highest BCUT2D eigenvalue weighted by molar-refractivity contribution is 5.87. The van der Waals surface area contributed by atoms with Gasteiger partial charge in [0.2, 0.25) is 5.91 Å². The fraction of sp³-hybridized carbons (Fsp3) is 0.423. The van der Waals surface area contributed by atoms with Crippen molar-refractivity contribution < 1.29 is 24.2 Å². The summed E-state index contributed by atoms with van der Waals surface area (Å²) in [6, 6.07) is 15.4. The largest absolute Gasteiger partial charge is 0.481 e. The fourth-order valence-electron chi connectivity index (χ4n) is 4.88. The first-order chi connectivity index (χ1) is 15.8. The third kappa shape index (κ3) is 4.72. The first kappa shape index (κ1) is 22.8. The van der Waals surface area contributed by atoms with Gasteiger partial charge in [-0.3, -0.25) is 9.59 Å². The monoisotopic (exact) mass is 450 g/mol. The second-order valence-electron chi connectivity index (χ2n) is 9.39. The van der Waals surface area contributed by atoms with Crippen molar-refractivity contribution in [3.63, 3.8) is 0 Å². The van der Waals surface area contributed by atoms with Gasteiger partial charge in [0.1, 0.15) is 12.6 Å². The van der Waals surface area contributed by atoms with Crippen molar-refractivity contribution in [3.8, 4) is 11.1 Å². The van der Waals surface area contributed by atoms with Crippen molar-refractivity contribution in [3.05, 3.63) is 59.7 Å². The summed E-state index contributed by atoms with van der Waals surface area (Å²) in [5, 5.41) is 14.8. The van der Waals surface area contributed by atoms with Crippen molar-refractivity contribution in [2.45, 2.75) is 57.0 Å². The van der Waals surface area contributed by atoms with Crippen LogP contribution in [0.1, 0.15) is 56.6 Å². The molecular weight excluding hydrogens is 420 g/mol. The summed E-state index contributed by atoms with van der Waals surface area (Å²) in [5.74, 6) is -1.57. The van der Waals surface area contributed by atoms with Crippen LogP contribution in [-0.2, 0) is 14.3 Å². The van der Waals surface area contributed by atoms with Gasteiger partial charge in [-0.2, -0.15) is 0 Å². The lowest BCUT2D eigenvalue weighted by molar-refractivity contribution is -0.140. The first-order valence-corrected chi connectivity index (χ1v) is 11.4. The minimum atomic E-state index is -0.944. The minimum Gasteiger partial charge on any atom is -0.481 e. The third-order valence-corrected chi connectivity index (χ3v) is 6.75. The Labute approximate surface area is 193 Å². The van der Waals surface area contributed by atoms with Crippen LogP contribution < -0.4 is 10.6 Å². The van der Waals surface area contributed by atoms with Crippen LogP contribution in [0.3, 0.4) is 0 Å². The Balaban J connectivity index is 1.40. The van der Waals surface area contributed by atoms with E-state index < -0.39 is 23.6 Å². The number of alkyl carbamates (subject to hydrolysis) is 1. The smallest absolute Gasteiger partial charge is 0.407 e. The van der Waals surface area contributed by atoms with Crippen LogP contribution in [0.15, 0.2) is 48.5 Å². The third-order valence-electron chi connectivity index (χ3n) is 6.75. The lowest BCUT2D eigenvalue weighted by Crippen LogP contribution is -2.60. The maximum absolute atomic E-state index is 12.9. The molecule has 2 aliphatic carbocycles. The number of aliphatic carboxylic acids is 1. The molecule has 0 saturated heterocycles. The van der Waals surface area contributed by atoms with Crippen LogP contribution in [0.4, 0.5) is 4.79 Å². The second-order valence-corrected chi connectivity index (χ2v) is 9.39. The number of carboxylic acid groups (broad SMARTS) is 1. The highest BCUT2D eigenvalue weighted by Gasteiger charge is 2.42. The standard InChI is InChI=1S/C26H30N2O5/c1-16(2)23(24(31)28-26(12-7-13-26)14-22(29)30)27-25(32)33-15-21-19-10-5-3-8-17(19)18-9-4-6-11-20(18)21/h3-6,8-11,16,21,23H,7,12-15H2,1-2H3,(H,27,32)(H,28,31)(H,29,30)/t23-/m0/s1. The molecule has 3 N–H and O–H groups in total. The maximum Gasteiger partial charge on any atom is 0.407 e. The molecule has 2 aromatic rings. The molecule has 1 saturated carbocycles. The Hall–Kier alpha value is -3.35. The SMILES string of the molecule is CC(C)[C@H](NC(=O)OCC1c2ccccc2-c2ccccc21)C(=O)NC1(CC(=O)O)CCC1. The molecule has 4 rings (SSSR count). The van der Waals surface area contributed by atoms with Gasteiger partial charge in [-0.25, -0.2) is 4.79 Å². The molecule has 0 spiro atoms. The molecule has 33 heavy (non-hydrogen) atoms. The molecule has 0 radical (unpaired) electrons. The van der Waals surface area contributed by atoms with E-state index in [0.29, 0.717) is 12.8 Å². The number of hydrogen-bond acceptors (Lipinski definition) is 4. The Bertz CT molecular complexity index is 1010. The molecule has 2 aliphatic rings. The van der Waals surface area contributed by atoms with Crippen LogP contribution in [0.2, 0.25) is 0 Å². The Morgan fingerprint density at radius 1 is 1.03 bits per heavy atom. The summed E-state index contributed by atoms with van der Waals surface area (Å²) in [7, 11) is 0. The number of fused-ring (bicyclic) bond motifs is 3. The molecule has 0 aliphatic heterocycles. The summed E-state index contributed by atoms with van der Waals surface area (Å²) < 4.78 is 5.58. The van der Waals surface area contributed by atoms with Gasteiger partial charge in [-0.05, 0) is 47.4 Å². The topological polar surface area (TPSA) is 105 Å². The zero-order valence-corrected chi connectivity index (χ0v) is 19.0. The van der Waals surface area contributed by atoms with E-state index >= 15 is 0 Å². The van der Waals surface area contributed by atoms with E-state index in [1.807, 2.05) is 50.2 Å². The predicted octanol–water partition coefficient (Wildman–Crippen LogP) is 4.06. The van der Waals surface area contributed by atoms with Crippen LogP contribution in [-0.4, -0.2) is 41.3 Å². The van der Waals surface area contributed by atoms with Gasteiger partial charge in [-0.1, -0.05) is 62.4 Å². The van der Waals surface area contributed by atoms with E-state index in [4.69, 9.17) is 4.74 Å². The molecule has 0 bridgehead atoms. The Kier molecular flexibility index (Phi) is 6.40. The number of carbonyl (C=O) groups is 3. The average molecular weight is 451 g/mol. The molecule has 7 nitrogen and oxygen atoms in total. The van der Waals surface area contributed by atoms with Crippen molar-refractivity contribution in [2.24, 2.45) is 5.92 Å². The number of rotatable bonds is 8. The number of amides is 2. The average Bonchev–Trinajstić information content (AvgIpc) is 3.07. The molecule has 1 fully saturated rings. The summed E-state index contributed by atoms with van der Waals surface area (Å²) in [4.78, 5) is 36.8. The fourth-order valence-corrected chi connectivity index (χ4v) is 4.88. The molecule has 0 heterocycles. The van der Waals surface area contributed by atoms with Crippen molar-refractivity contribution in [1.29, 1.82) is 0 Å². The van der Waals surface area contributed by atoms with E-state index in [0.717, 1.165) is 28.7 Å². The Morgan fingerprint density at radius 3 is 2.09 bits per heavy atom. The van der Waals surface area contributed by atoms with E-state index in [1.54, 1.807) is 0 Å². The number of carbonyl (C=O) groups excluding carboxylic acids is 2. The molecule has 0 unspecified atom stereocenters. The second kappa shape index (κ2) is 9.25. The van der Waals surface area contributed by atoms with Crippen LogP contribution in [0.25, 0.3) is 11.1 Å². The minimum absolute atomic E-state index is 0.0664. The lowest BCUT2D eigenvalue weighted by Gasteiger charge is -2.42. The number of hydrogen-bond donors (Lipinski definition) is 3. The molecule has 2 amide bonds. The normalized spacial score (nSPS) is 16.8. The van der Waals surface area contributed by atoms with Gasteiger partial charge in [-0.15, -0.1) is 0 Å². The van der Waals surface area contributed by atoms with E-state index in [2.05, 4.69) is 22.8 Å². The molecular formula is C26H30N2O5. The predicted molar refractivity (Wildman–Crippen MR) is 124 cm³/mol. The summed E-state index contributed by atoms with van der Waals surface area (Å²) in [5.41, 5.74) is 3.80. The summed E-state index contributed by atoms with van der Waals surface area (Å²) >= 11 is 0. The van der Waals surface area contributed by atoms with Gasteiger partial charge in [0, 0.05) is 5.92 Å². The molecule has 174 valence electrons. The van der Waals surface area contributed by atoms with Gasteiger partial charge < -0.3 is 20.5 Å². The van der Waals surface area contributed by atoms with Crippen molar-refractivity contribution >= 4 is 18.0 Å². The lowest BCUT2D eigenvalue weighted by atomic mass is 9.74. The van der Waals surface area contributed by atoms with E-state index in [-0.39, 0.29) is 30.8 Å². The highest BCUT2D eigenvalue weighted by Crippen LogP contribution is 2.44. The van der Waals surface area contributed by atoms with Gasteiger partial charge in [0.25, 0.3) is 0 Å². The van der Waals surface area contributed by atoms with Crippen LogP contribution in [0.5, 0.6) is 0 Å². The van der Waals surface area contributed by atoms with Crippen molar-refractivity contribution in [2.75, 3.05) is 6.61 Å². The number of benzene rings is 2. The molecule has 0 aromatic heterocycles. The molecule has 2 aromatic carbocycles.